The summed E-state index contributed by atoms with van der Waals surface area (Å²) in [6.45, 7) is 16.2. The Labute approximate surface area is 449 Å². The molecule has 0 aliphatic carbocycles. The van der Waals surface area contributed by atoms with Crippen molar-refractivity contribution in [2.45, 2.75) is 156 Å². The number of ketones is 1. The van der Waals surface area contributed by atoms with Crippen LogP contribution in [0.5, 0.6) is 0 Å². The smallest absolute Gasteiger partial charge is 0.247 e. The second-order valence-corrected chi connectivity index (χ2v) is 20.6. The number of anilines is 1. The molecule has 1 saturated heterocycles. The molecule has 2 aromatic rings. The number of guanidine groups is 1. The Morgan fingerprint density at radius 2 is 1.51 bits per heavy atom. The fraction of sp³-hybridized carbons (Fsp3) is 0.667. The molecule has 1 fully saturated rings. The van der Waals surface area contributed by atoms with Crippen LogP contribution in [0.15, 0.2) is 64.7 Å². The minimum atomic E-state index is -0.921. The molecular formula is C57H93N9O9. The van der Waals surface area contributed by atoms with E-state index >= 15 is 0 Å². The number of rotatable bonds is 32. The number of amides is 4. The third-order valence-corrected chi connectivity index (χ3v) is 14.0. The highest BCUT2D eigenvalue weighted by Gasteiger charge is 2.43. The fourth-order valence-electron chi connectivity index (χ4n) is 9.68. The predicted molar refractivity (Wildman–Crippen MR) is 297 cm³/mol. The molecule has 0 spiro atoms. The van der Waals surface area contributed by atoms with Gasteiger partial charge in [-0.3, -0.25) is 24.0 Å². The molecular weight excluding hydrogens is 955 g/mol. The number of carbonyl (C=O) groups excluding carboxylic acids is 5. The lowest BCUT2D eigenvalue weighted by Gasteiger charge is -2.40. The van der Waals surface area contributed by atoms with Gasteiger partial charge in [0.05, 0.1) is 43.2 Å². The van der Waals surface area contributed by atoms with Crippen LogP contribution in [0.25, 0.3) is 0 Å². The first-order valence-corrected chi connectivity index (χ1v) is 27.1. The monoisotopic (exact) mass is 1050 g/mol. The maximum atomic E-state index is 14.5. The number of likely N-dealkylation sites (N-methyl/N-ethyl adjacent to an activating group) is 1. The highest BCUT2D eigenvalue weighted by atomic mass is 16.6. The van der Waals surface area contributed by atoms with Crippen molar-refractivity contribution in [2.24, 2.45) is 27.9 Å². The van der Waals surface area contributed by atoms with E-state index in [1.807, 2.05) is 113 Å². The summed E-state index contributed by atoms with van der Waals surface area (Å²) in [6, 6.07) is 14.6. The van der Waals surface area contributed by atoms with Crippen molar-refractivity contribution in [1.82, 2.24) is 30.2 Å². The van der Waals surface area contributed by atoms with Crippen LogP contribution in [0.3, 0.4) is 0 Å². The Bertz CT molecular complexity index is 2090. The van der Waals surface area contributed by atoms with Crippen LogP contribution in [0.1, 0.15) is 117 Å². The molecule has 0 bridgehead atoms. The highest BCUT2D eigenvalue weighted by molar-refractivity contribution is 5.97. The quantitative estimate of drug-likeness (QED) is 0.0302. The number of ether oxygens (including phenoxy) is 3. The molecule has 3 rings (SSSR count). The minimum Gasteiger partial charge on any atom is -0.479 e. The van der Waals surface area contributed by atoms with E-state index in [-0.39, 0.29) is 54.1 Å². The number of methoxy groups -OCH3 is 2. The average molecular weight is 1050 g/mol. The topological polar surface area (TPSA) is 196 Å². The van der Waals surface area contributed by atoms with Gasteiger partial charge >= 0.3 is 0 Å². The number of hydrogen-bond acceptors (Lipinski definition) is 12. The van der Waals surface area contributed by atoms with Crippen molar-refractivity contribution in [3.63, 3.8) is 0 Å². The van der Waals surface area contributed by atoms with Crippen LogP contribution in [0, 0.1) is 17.8 Å². The summed E-state index contributed by atoms with van der Waals surface area (Å²) in [5.41, 5.74) is 2.44. The number of nitrogens with zero attached hydrogens (tertiary/aromatic N) is 6. The van der Waals surface area contributed by atoms with E-state index in [2.05, 4.69) is 35.0 Å². The van der Waals surface area contributed by atoms with Crippen molar-refractivity contribution in [1.29, 1.82) is 0 Å². The van der Waals surface area contributed by atoms with Crippen molar-refractivity contribution >= 4 is 47.0 Å². The van der Waals surface area contributed by atoms with Gasteiger partial charge in [0.1, 0.15) is 24.5 Å². The van der Waals surface area contributed by atoms with Gasteiger partial charge in [0.2, 0.25) is 29.5 Å². The summed E-state index contributed by atoms with van der Waals surface area (Å²) in [4.78, 5) is 87.2. The van der Waals surface area contributed by atoms with Gasteiger partial charge in [-0.05, 0) is 74.1 Å². The van der Waals surface area contributed by atoms with E-state index in [0.29, 0.717) is 69.7 Å². The number of Topliss-reactive ketones (excluding diaryl/α,β-unsaturated/α-hetero) is 1. The van der Waals surface area contributed by atoms with Crippen LogP contribution in [-0.2, 0) is 56.0 Å². The van der Waals surface area contributed by atoms with E-state index in [1.54, 1.807) is 44.9 Å². The molecule has 3 N–H and O–H groups in total. The van der Waals surface area contributed by atoms with Gasteiger partial charge in [-0.2, -0.15) is 0 Å². The Kier molecular flexibility index (Phi) is 28.4. The third-order valence-electron chi connectivity index (χ3n) is 14.0. The number of hydrogen-bond donors (Lipinski definition) is 3. The first-order valence-electron chi connectivity index (χ1n) is 27.1. The lowest BCUT2D eigenvalue weighted by molar-refractivity contribution is -0.146. The van der Waals surface area contributed by atoms with Crippen molar-refractivity contribution < 1.29 is 43.0 Å². The molecule has 75 heavy (non-hydrogen) atoms. The zero-order chi connectivity index (χ0) is 55.6. The molecule has 8 atom stereocenters. The van der Waals surface area contributed by atoms with E-state index in [0.717, 1.165) is 43.2 Å². The Balaban J connectivity index is 1.66. The second kappa shape index (κ2) is 33.4. The van der Waals surface area contributed by atoms with Crippen LogP contribution in [-0.4, -0.2) is 173 Å². The zero-order valence-corrected chi connectivity index (χ0v) is 47.9. The molecule has 420 valence electrons. The second-order valence-electron chi connectivity index (χ2n) is 20.6. The van der Waals surface area contributed by atoms with E-state index in [1.165, 1.54) is 0 Å². The first kappa shape index (κ1) is 63.7. The summed E-state index contributed by atoms with van der Waals surface area (Å²) in [6.07, 6.45) is 4.57. The molecule has 0 radical (unpaired) electrons. The number of nitrogens with one attached hydrogen (secondary N) is 3. The third kappa shape index (κ3) is 20.8. The highest BCUT2D eigenvalue weighted by Crippen LogP contribution is 2.30. The fourth-order valence-corrected chi connectivity index (χ4v) is 9.68. The normalized spacial score (nSPS) is 16.4. The average Bonchev–Trinajstić information content (AvgIpc) is 3.87. The maximum absolute atomic E-state index is 14.5. The van der Waals surface area contributed by atoms with E-state index in [4.69, 9.17) is 24.0 Å². The lowest BCUT2D eigenvalue weighted by Crippen LogP contribution is -2.55. The van der Waals surface area contributed by atoms with Gasteiger partial charge < -0.3 is 54.6 Å². The van der Waals surface area contributed by atoms with Crippen molar-refractivity contribution in [3.8, 4) is 0 Å². The first-order chi connectivity index (χ1) is 35.8. The summed E-state index contributed by atoms with van der Waals surface area (Å²) < 4.78 is 17.4. The van der Waals surface area contributed by atoms with Gasteiger partial charge in [-0.15, -0.1) is 0 Å². The predicted octanol–water partition coefficient (Wildman–Crippen LogP) is 6.77. The number of oxime groups is 1. The van der Waals surface area contributed by atoms with Gasteiger partial charge in [0, 0.05) is 101 Å². The van der Waals surface area contributed by atoms with Crippen LogP contribution in [0.4, 0.5) is 5.69 Å². The molecule has 2 aromatic carbocycles. The Hall–Kier alpha value is -5.59. The number of benzene rings is 2. The molecule has 0 saturated carbocycles. The summed E-state index contributed by atoms with van der Waals surface area (Å²) in [5, 5.41) is 13.3. The number of likely N-dealkylation sites (tertiary alicyclic amines) is 1. The molecule has 4 amide bonds. The molecule has 1 aliphatic rings. The molecule has 0 unspecified atom stereocenters. The van der Waals surface area contributed by atoms with E-state index in [9.17, 15) is 24.0 Å². The molecule has 0 aromatic heterocycles. The summed E-state index contributed by atoms with van der Waals surface area (Å²) >= 11 is 0. The number of carbonyl (C=O) groups is 5. The SMILES string of the molecule is CCO/C(C)=N\OCCCCCC(=O)CCNCc1ccc(NC(=O)[C@H](Cc2ccccc2)NC(=O)[C@H](C)[C@@H](OC)[C@@H]2CCCN2C(=O)C[C@@H](OC)[C@H]([C@@H](C)CC)N(C)C(=O)[C@@H](N=C(N(C)C)N(C)C)C(C)C)cc1. The molecule has 18 nitrogen and oxygen atoms in total. The van der Waals surface area contributed by atoms with Crippen LogP contribution in [0.2, 0.25) is 0 Å². The van der Waals surface area contributed by atoms with Gasteiger partial charge in [-0.25, -0.2) is 4.99 Å². The largest absolute Gasteiger partial charge is 0.479 e. The Morgan fingerprint density at radius 1 is 0.827 bits per heavy atom. The van der Waals surface area contributed by atoms with Crippen LogP contribution < -0.4 is 16.0 Å². The number of unbranched alkanes of at least 4 members (excludes halogenated alkanes) is 2. The van der Waals surface area contributed by atoms with E-state index < -0.39 is 42.3 Å². The van der Waals surface area contributed by atoms with Gasteiger partial charge in [0.25, 0.3) is 0 Å². The molecule has 18 heteroatoms. The van der Waals surface area contributed by atoms with Gasteiger partial charge in [-0.1, -0.05) is 88.7 Å². The van der Waals surface area contributed by atoms with Crippen molar-refractivity contribution in [2.75, 3.05) is 81.1 Å². The lowest BCUT2D eigenvalue weighted by atomic mass is 9.89. The summed E-state index contributed by atoms with van der Waals surface area (Å²) in [7, 11) is 12.5. The van der Waals surface area contributed by atoms with Gasteiger partial charge in [0.15, 0.2) is 5.96 Å². The minimum absolute atomic E-state index is 0.00602. The molecule has 1 heterocycles. The summed E-state index contributed by atoms with van der Waals surface area (Å²) in [5.74, 6) is -0.476. The molecule has 1 aliphatic heterocycles. The zero-order valence-electron chi connectivity index (χ0n) is 47.9. The van der Waals surface area contributed by atoms with Crippen molar-refractivity contribution in [3.05, 3.63) is 65.7 Å². The Morgan fingerprint density at radius 3 is 2.11 bits per heavy atom. The number of aliphatic imine (C=N–C) groups is 1. The maximum Gasteiger partial charge on any atom is 0.247 e. The standard InChI is InChI=1S/C57H93N9O9/c1-15-40(5)52(65(12)56(71)51(39(3)4)61-57(63(8)9)64(10)11)49(72-13)37-50(68)66-34-23-27-48(66)53(73-14)41(6)54(69)60-47(36-43-24-19-17-20-25-43)55(70)59-45-30-28-44(29-31-45)38-58-33-32-46(67)26-21-18-22-35-75-62-42(7)74-16-2/h17,19-20,24-25,28-31,39-41,47-49,51-53,58H,15-16,18,21-23,26-27,32-38H2,1-14H3,(H,59,70)(H,60,69)/b62-42-/t40-,41+,47-,48-,49+,51-,52-,53+/m0/s1. The van der Waals surface area contributed by atoms with Crippen LogP contribution >= 0.6 is 0 Å².